The van der Waals surface area contributed by atoms with E-state index in [1.807, 2.05) is 13.8 Å². The first-order chi connectivity index (χ1) is 10.9. The van der Waals surface area contributed by atoms with E-state index in [1.165, 1.54) is 0 Å². The highest BCUT2D eigenvalue weighted by atomic mass is 32.1. The summed E-state index contributed by atoms with van der Waals surface area (Å²) in [6.45, 7) is 18.6. The van der Waals surface area contributed by atoms with Gasteiger partial charge in [-0.1, -0.05) is 26.8 Å². The number of rotatable bonds is 5. The summed E-state index contributed by atoms with van der Waals surface area (Å²) in [6, 6.07) is -0.335. The van der Waals surface area contributed by atoms with Gasteiger partial charge in [-0.15, -0.1) is 6.58 Å². The maximum Gasteiger partial charge on any atom is 0.192 e. The first-order valence-corrected chi connectivity index (χ1v) is 11.6. The van der Waals surface area contributed by atoms with Crippen LogP contribution in [-0.4, -0.2) is 49.9 Å². The molecule has 0 amide bonds. The Labute approximate surface area is 151 Å². The largest absolute Gasteiger partial charge is 0.408 e. The molecule has 0 unspecified atom stereocenters. The number of fused-ring (bicyclic) bond motifs is 1. The van der Waals surface area contributed by atoms with E-state index in [2.05, 4.69) is 50.6 Å². The second kappa shape index (κ2) is 6.72. The summed E-state index contributed by atoms with van der Waals surface area (Å²) < 4.78 is 24.7. The Morgan fingerprint density at radius 1 is 1.33 bits per heavy atom. The van der Waals surface area contributed by atoms with Crippen LogP contribution >= 0.6 is 12.2 Å². The maximum absolute atomic E-state index is 6.65. The van der Waals surface area contributed by atoms with Gasteiger partial charge in [-0.3, -0.25) is 0 Å². The van der Waals surface area contributed by atoms with Gasteiger partial charge in [0, 0.05) is 0 Å². The van der Waals surface area contributed by atoms with E-state index in [0.717, 1.165) is 0 Å². The molecule has 2 fully saturated rings. The molecule has 0 spiro atoms. The summed E-state index contributed by atoms with van der Waals surface area (Å²) in [5, 5.41) is 2.49. The van der Waals surface area contributed by atoms with E-state index in [9.17, 15) is 0 Å². The second-order valence-electron chi connectivity index (χ2n) is 8.36. The van der Waals surface area contributed by atoms with E-state index in [1.54, 1.807) is 6.08 Å². The lowest BCUT2D eigenvalue weighted by atomic mass is 10.0. The van der Waals surface area contributed by atoms with Crippen LogP contribution < -0.4 is 0 Å². The molecule has 0 aliphatic carbocycles. The van der Waals surface area contributed by atoms with Crippen LogP contribution in [0.1, 0.15) is 34.6 Å². The molecule has 2 rings (SSSR count). The predicted molar refractivity (Wildman–Crippen MR) is 99.8 cm³/mol. The van der Waals surface area contributed by atoms with Crippen LogP contribution in [0, 0.1) is 0 Å². The molecule has 2 saturated heterocycles. The number of ether oxygens (including phenoxy) is 3. The molecule has 0 aromatic heterocycles. The lowest BCUT2D eigenvalue weighted by molar-refractivity contribution is -0.214. The molecular formula is C17H29NO4SSi. The van der Waals surface area contributed by atoms with Crippen molar-refractivity contribution in [3.05, 3.63) is 12.7 Å². The van der Waals surface area contributed by atoms with Crippen molar-refractivity contribution in [3.8, 4) is 0 Å². The molecular weight excluding hydrogens is 342 g/mol. The Kier molecular flexibility index (Phi) is 5.58. The summed E-state index contributed by atoms with van der Waals surface area (Å²) >= 11 is 4.76. The van der Waals surface area contributed by atoms with E-state index >= 15 is 0 Å². The average molecular weight is 372 g/mol. The average Bonchev–Trinajstić information content (AvgIpc) is 2.88. The zero-order chi connectivity index (χ0) is 18.3. The third-order valence-corrected chi connectivity index (χ3v) is 9.62. The molecule has 0 aromatic carbocycles. The topological polar surface area (TPSA) is 49.3 Å². The normalized spacial score (nSPS) is 33.6. The van der Waals surface area contributed by atoms with Crippen molar-refractivity contribution in [1.82, 2.24) is 0 Å². The maximum atomic E-state index is 6.65. The number of aliphatic imine (C=N–C) groups is 1. The molecule has 136 valence electrons. The smallest absolute Gasteiger partial charge is 0.192 e. The fourth-order valence-electron chi connectivity index (χ4n) is 2.75. The van der Waals surface area contributed by atoms with Gasteiger partial charge < -0.3 is 18.6 Å². The fourth-order valence-corrected chi connectivity index (χ4v) is 4.18. The highest BCUT2D eigenvalue weighted by Gasteiger charge is 2.58. The van der Waals surface area contributed by atoms with Gasteiger partial charge in [0.1, 0.15) is 24.4 Å². The summed E-state index contributed by atoms with van der Waals surface area (Å²) in [7, 11) is -2.04. The fraction of sp³-hybridized carbons (Fsp3) is 0.824. The molecule has 5 atom stereocenters. The van der Waals surface area contributed by atoms with Crippen LogP contribution in [0.25, 0.3) is 0 Å². The third-order valence-electron chi connectivity index (χ3n) is 5.04. The molecule has 0 bridgehead atoms. The van der Waals surface area contributed by atoms with Gasteiger partial charge in [0.05, 0.1) is 5.16 Å². The van der Waals surface area contributed by atoms with E-state index in [-0.39, 0.29) is 29.4 Å². The minimum absolute atomic E-state index is 0.0711. The zero-order valence-corrected chi connectivity index (χ0v) is 17.5. The van der Waals surface area contributed by atoms with Gasteiger partial charge in [0.25, 0.3) is 0 Å². The SMILES string of the molecule is C=C[C@@H](N=C=S)[C@H]1O[C@@H]2OC(C)(C)O[C@@H]2[C@H]1O[Si](C)(C)C(C)(C)C. The van der Waals surface area contributed by atoms with Crippen LogP contribution in [-0.2, 0) is 18.6 Å². The number of nitrogens with zero attached hydrogens (tertiary/aromatic N) is 1. The minimum atomic E-state index is -2.04. The summed E-state index contributed by atoms with van der Waals surface area (Å²) in [4.78, 5) is 4.18. The van der Waals surface area contributed by atoms with Crippen LogP contribution in [0.15, 0.2) is 17.6 Å². The van der Waals surface area contributed by atoms with Crippen molar-refractivity contribution >= 4 is 25.7 Å². The molecule has 0 N–H and O–H groups in total. The molecule has 2 heterocycles. The predicted octanol–water partition coefficient (Wildman–Crippen LogP) is 3.91. The van der Waals surface area contributed by atoms with Crippen molar-refractivity contribution in [2.75, 3.05) is 0 Å². The van der Waals surface area contributed by atoms with Gasteiger partial charge in [0.2, 0.25) is 0 Å². The number of isothiocyanates is 1. The molecule has 0 aromatic rings. The molecule has 2 aliphatic heterocycles. The Hall–Kier alpha value is -0.403. The lowest BCUT2D eigenvalue weighted by Crippen LogP contribution is -2.51. The van der Waals surface area contributed by atoms with Crippen LogP contribution in [0.5, 0.6) is 0 Å². The summed E-state index contributed by atoms with van der Waals surface area (Å²) in [5.74, 6) is -0.688. The Bertz CT molecular complexity index is 539. The molecule has 24 heavy (non-hydrogen) atoms. The molecule has 0 saturated carbocycles. The van der Waals surface area contributed by atoms with Crippen molar-refractivity contribution in [2.24, 2.45) is 4.99 Å². The van der Waals surface area contributed by atoms with E-state index in [0.29, 0.717) is 0 Å². The number of thiocarbonyl (C=S) groups is 1. The van der Waals surface area contributed by atoms with Crippen LogP contribution in [0.4, 0.5) is 0 Å². The molecule has 0 radical (unpaired) electrons. The first kappa shape index (κ1) is 19.9. The van der Waals surface area contributed by atoms with Crippen molar-refractivity contribution in [1.29, 1.82) is 0 Å². The second-order valence-corrected chi connectivity index (χ2v) is 13.3. The van der Waals surface area contributed by atoms with Gasteiger partial charge >= 0.3 is 0 Å². The molecule has 2 aliphatic rings. The Morgan fingerprint density at radius 3 is 2.46 bits per heavy atom. The van der Waals surface area contributed by atoms with Gasteiger partial charge in [0.15, 0.2) is 20.4 Å². The Balaban J connectivity index is 2.32. The van der Waals surface area contributed by atoms with E-state index < -0.39 is 20.4 Å². The zero-order valence-electron chi connectivity index (χ0n) is 15.7. The van der Waals surface area contributed by atoms with Crippen LogP contribution in [0.2, 0.25) is 18.1 Å². The minimum Gasteiger partial charge on any atom is -0.408 e. The first-order valence-electron chi connectivity index (χ1n) is 8.30. The highest BCUT2D eigenvalue weighted by molar-refractivity contribution is 7.78. The molecule has 7 heteroatoms. The third kappa shape index (κ3) is 3.88. The summed E-state index contributed by atoms with van der Waals surface area (Å²) in [6.07, 6.45) is 0.313. The van der Waals surface area contributed by atoms with Gasteiger partial charge in [-0.2, -0.15) is 0 Å². The van der Waals surface area contributed by atoms with Gasteiger partial charge in [-0.25, -0.2) is 4.99 Å². The van der Waals surface area contributed by atoms with Gasteiger partial charge in [-0.05, 0) is 44.2 Å². The van der Waals surface area contributed by atoms with Crippen molar-refractivity contribution in [2.45, 2.75) is 89.2 Å². The van der Waals surface area contributed by atoms with Crippen molar-refractivity contribution < 1.29 is 18.6 Å². The standard InChI is InChI=1S/C17H29NO4SSi/c1-9-11(18-10-23)12-13(22-24(7,8)16(2,3)4)14-15(19-12)21-17(5,6)20-14/h9,11-15H,1H2,2-8H3/t11-,12-,13+,14-,15-/m1/s1. The monoisotopic (exact) mass is 371 g/mol. The Morgan fingerprint density at radius 2 is 1.96 bits per heavy atom. The number of hydrogen-bond donors (Lipinski definition) is 0. The number of hydrogen-bond acceptors (Lipinski definition) is 6. The van der Waals surface area contributed by atoms with E-state index in [4.69, 9.17) is 30.9 Å². The lowest BCUT2D eigenvalue weighted by Gasteiger charge is -2.40. The quantitative estimate of drug-likeness (QED) is 0.317. The molecule has 5 nitrogen and oxygen atoms in total. The van der Waals surface area contributed by atoms with Crippen molar-refractivity contribution in [3.63, 3.8) is 0 Å². The summed E-state index contributed by atoms with van der Waals surface area (Å²) in [5.41, 5.74) is 0. The van der Waals surface area contributed by atoms with Crippen LogP contribution in [0.3, 0.4) is 0 Å². The highest BCUT2D eigenvalue weighted by Crippen LogP contribution is 2.44.